The molecular formula is C16H24F2N2. The van der Waals surface area contributed by atoms with Gasteiger partial charge in [-0.05, 0) is 38.4 Å². The Morgan fingerprint density at radius 2 is 2.20 bits per heavy atom. The van der Waals surface area contributed by atoms with E-state index in [9.17, 15) is 8.78 Å². The molecule has 0 aromatic heterocycles. The van der Waals surface area contributed by atoms with Crippen molar-refractivity contribution in [2.24, 2.45) is 5.92 Å². The van der Waals surface area contributed by atoms with Gasteiger partial charge in [0.15, 0.2) is 11.6 Å². The third-order valence-electron chi connectivity index (χ3n) is 4.21. The van der Waals surface area contributed by atoms with Crippen LogP contribution in [0.25, 0.3) is 0 Å². The second-order valence-corrected chi connectivity index (χ2v) is 5.69. The molecule has 0 bridgehead atoms. The quantitative estimate of drug-likeness (QED) is 0.861. The highest BCUT2D eigenvalue weighted by Crippen LogP contribution is 2.25. The van der Waals surface area contributed by atoms with Crippen LogP contribution in [0, 0.1) is 17.6 Å². The largest absolute Gasteiger partial charge is 0.312 e. The molecule has 0 aliphatic carbocycles. The van der Waals surface area contributed by atoms with Crippen LogP contribution in [0.5, 0.6) is 0 Å². The summed E-state index contributed by atoms with van der Waals surface area (Å²) in [5.41, 5.74) is 0.423. The number of rotatable bonds is 6. The van der Waals surface area contributed by atoms with Crippen LogP contribution in [-0.2, 0) is 0 Å². The van der Waals surface area contributed by atoms with Gasteiger partial charge in [0.25, 0.3) is 0 Å². The maximum absolute atomic E-state index is 13.9. The van der Waals surface area contributed by atoms with E-state index >= 15 is 0 Å². The normalized spacial score (nSPS) is 21.3. The van der Waals surface area contributed by atoms with Gasteiger partial charge in [0, 0.05) is 24.7 Å². The van der Waals surface area contributed by atoms with E-state index in [1.807, 2.05) is 0 Å². The number of likely N-dealkylation sites (tertiary alicyclic amines) is 1. The Morgan fingerprint density at radius 1 is 1.40 bits per heavy atom. The first kappa shape index (κ1) is 15.4. The van der Waals surface area contributed by atoms with Gasteiger partial charge in [-0.15, -0.1) is 0 Å². The van der Waals surface area contributed by atoms with Gasteiger partial charge in [-0.1, -0.05) is 25.5 Å². The zero-order valence-electron chi connectivity index (χ0n) is 12.3. The van der Waals surface area contributed by atoms with E-state index in [1.165, 1.54) is 25.3 Å². The summed E-state index contributed by atoms with van der Waals surface area (Å²) in [4.78, 5) is 2.35. The lowest BCUT2D eigenvalue weighted by molar-refractivity contribution is 0.282. The van der Waals surface area contributed by atoms with Gasteiger partial charge in [-0.2, -0.15) is 0 Å². The van der Waals surface area contributed by atoms with Crippen molar-refractivity contribution in [2.45, 2.75) is 32.2 Å². The van der Waals surface area contributed by atoms with Crippen molar-refractivity contribution < 1.29 is 8.78 Å². The van der Waals surface area contributed by atoms with Crippen molar-refractivity contribution >= 4 is 0 Å². The Hall–Kier alpha value is -1.00. The summed E-state index contributed by atoms with van der Waals surface area (Å²) in [7, 11) is 1.80. The fraction of sp³-hybridized carbons (Fsp3) is 0.625. The number of halogens is 2. The zero-order chi connectivity index (χ0) is 14.5. The van der Waals surface area contributed by atoms with Crippen LogP contribution in [0.15, 0.2) is 18.2 Å². The molecule has 1 aliphatic heterocycles. The molecule has 0 saturated carbocycles. The van der Waals surface area contributed by atoms with E-state index in [1.54, 1.807) is 19.2 Å². The Bertz CT molecular complexity index is 436. The zero-order valence-corrected chi connectivity index (χ0v) is 12.3. The van der Waals surface area contributed by atoms with Crippen molar-refractivity contribution in [1.29, 1.82) is 0 Å². The van der Waals surface area contributed by atoms with Gasteiger partial charge in [-0.3, -0.25) is 0 Å². The van der Waals surface area contributed by atoms with Crippen LogP contribution in [0.4, 0.5) is 8.78 Å². The molecule has 1 fully saturated rings. The maximum Gasteiger partial charge on any atom is 0.163 e. The highest BCUT2D eigenvalue weighted by Gasteiger charge is 2.25. The molecule has 0 spiro atoms. The molecule has 1 aromatic carbocycles. The van der Waals surface area contributed by atoms with Crippen LogP contribution in [-0.4, -0.2) is 31.6 Å². The third-order valence-corrected chi connectivity index (χ3v) is 4.21. The molecule has 2 rings (SSSR count). The number of nitrogens with one attached hydrogen (secondary N) is 1. The van der Waals surface area contributed by atoms with Gasteiger partial charge in [0.05, 0.1) is 0 Å². The Balaban J connectivity index is 2.01. The van der Waals surface area contributed by atoms with Crippen molar-refractivity contribution in [3.63, 3.8) is 0 Å². The molecule has 1 aromatic rings. The molecule has 2 atom stereocenters. The average Bonchev–Trinajstić information content (AvgIpc) is 2.87. The highest BCUT2D eigenvalue weighted by atomic mass is 19.2. The van der Waals surface area contributed by atoms with E-state index in [4.69, 9.17) is 0 Å². The molecule has 2 unspecified atom stereocenters. The molecule has 20 heavy (non-hydrogen) atoms. The summed E-state index contributed by atoms with van der Waals surface area (Å²) in [6, 6.07) is 4.24. The van der Waals surface area contributed by atoms with Gasteiger partial charge >= 0.3 is 0 Å². The van der Waals surface area contributed by atoms with Crippen molar-refractivity contribution in [3.8, 4) is 0 Å². The monoisotopic (exact) mass is 282 g/mol. The highest BCUT2D eigenvalue weighted by molar-refractivity contribution is 5.23. The smallest absolute Gasteiger partial charge is 0.163 e. The summed E-state index contributed by atoms with van der Waals surface area (Å²) >= 11 is 0. The molecule has 4 heteroatoms. The maximum atomic E-state index is 13.9. The molecule has 1 aliphatic rings. The van der Waals surface area contributed by atoms with Crippen LogP contribution < -0.4 is 5.32 Å². The standard InChI is InChI=1S/C16H24F2N2/c1-3-5-12-8-9-20(10-12)11-15(19-2)13-6-4-7-14(17)16(13)18/h4,6-7,12,15,19H,3,5,8-11H2,1-2H3. The second kappa shape index (κ2) is 7.14. The molecular weight excluding hydrogens is 258 g/mol. The molecule has 2 nitrogen and oxygen atoms in total. The molecule has 0 amide bonds. The molecule has 1 N–H and O–H groups in total. The minimum atomic E-state index is -0.770. The van der Waals surface area contributed by atoms with Crippen LogP contribution in [0.3, 0.4) is 0 Å². The van der Waals surface area contributed by atoms with Gasteiger partial charge in [0.2, 0.25) is 0 Å². The number of hydrogen-bond acceptors (Lipinski definition) is 2. The first-order valence-corrected chi connectivity index (χ1v) is 7.49. The van der Waals surface area contributed by atoms with E-state index in [2.05, 4.69) is 17.1 Å². The van der Waals surface area contributed by atoms with Gasteiger partial charge in [0.1, 0.15) is 0 Å². The minimum absolute atomic E-state index is 0.161. The van der Waals surface area contributed by atoms with Crippen molar-refractivity contribution in [2.75, 3.05) is 26.7 Å². The lowest BCUT2D eigenvalue weighted by atomic mass is 10.0. The van der Waals surface area contributed by atoms with E-state index < -0.39 is 11.6 Å². The topological polar surface area (TPSA) is 15.3 Å². The molecule has 1 saturated heterocycles. The fourth-order valence-corrected chi connectivity index (χ4v) is 3.12. The van der Waals surface area contributed by atoms with Crippen molar-refractivity contribution in [1.82, 2.24) is 10.2 Å². The molecule has 1 heterocycles. The lowest BCUT2D eigenvalue weighted by Gasteiger charge is -2.24. The summed E-state index contributed by atoms with van der Waals surface area (Å²) < 4.78 is 27.2. The summed E-state index contributed by atoms with van der Waals surface area (Å²) in [6.07, 6.45) is 3.69. The summed E-state index contributed by atoms with van der Waals surface area (Å²) in [6.45, 7) is 5.07. The average molecular weight is 282 g/mol. The number of likely N-dealkylation sites (N-methyl/N-ethyl adjacent to an activating group) is 1. The first-order chi connectivity index (χ1) is 9.65. The van der Waals surface area contributed by atoms with Gasteiger partial charge < -0.3 is 10.2 Å². The van der Waals surface area contributed by atoms with Crippen molar-refractivity contribution in [3.05, 3.63) is 35.4 Å². The molecule has 112 valence electrons. The third kappa shape index (κ3) is 3.55. The predicted molar refractivity (Wildman–Crippen MR) is 77.6 cm³/mol. The number of benzene rings is 1. The van der Waals surface area contributed by atoms with Crippen LogP contribution in [0.2, 0.25) is 0 Å². The first-order valence-electron chi connectivity index (χ1n) is 7.49. The van der Waals surface area contributed by atoms with E-state index in [0.717, 1.165) is 25.6 Å². The van der Waals surface area contributed by atoms with Crippen LogP contribution in [0.1, 0.15) is 37.8 Å². The predicted octanol–water partition coefficient (Wildman–Crippen LogP) is 3.35. The van der Waals surface area contributed by atoms with E-state index in [-0.39, 0.29) is 6.04 Å². The SMILES string of the molecule is CCCC1CCN(CC(NC)c2cccc(F)c2F)C1. The van der Waals surface area contributed by atoms with E-state index in [0.29, 0.717) is 5.56 Å². The summed E-state index contributed by atoms with van der Waals surface area (Å²) in [5.74, 6) is -0.737. The van der Waals surface area contributed by atoms with Crippen LogP contribution >= 0.6 is 0 Å². The lowest BCUT2D eigenvalue weighted by Crippen LogP contribution is -2.33. The second-order valence-electron chi connectivity index (χ2n) is 5.69. The minimum Gasteiger partial charge on any atom is -0.312 e. The number of hydrogen-bond donors (Lipinski definition) is 1. The Labute approximate surface area is 120 Å². The number of nitrogens with zero attached hydrogens (tertiary/aromatic N) is 1. The fourth-order valence-electron chi connectivity index (χ4n) is 3.12. The summed E-state index contributed by atoms with van der Waals surface area (Å²) in [5, 5.41) is 3.11. The Morgan fingerprint density at radius 3 is 2.90 bits per heavy atom. The Kier molecular flexibility index (Phi) is 5.49. The molecule has 0 radical (unpaired) electrons. The van der Waals surface area contributed by atoms with Gasteiger partial charge in [-0.25, -0.2) is 8.78 Å².